The fraction of sp³-hybridized carbons (Fsp3) is 0.350. The van der Waals surface area contributed by atoms with Crippen molar-refractivity contribution in [3.05, 3.63) is 53.6 Å². The van der Waals surface area contributed by atoms with Crippen LogP contribution < -0.4 is 10.6 Å². The number of amides is 3. The molecule has 2 heterocycles. The number of nitrogens with zero attached hydrogens (tertiary/aromatic N) is 3. The molecule has 0 saturated carbocycles. The number of anilines is 2. The van der Waals surface area contributed by atoms with Gasteiger partial charge in [-0.1, -0.05) is 12.1 Å². The van der Waals surface area contributed by atoms with Crippen LogP contribution in [0.1, 0.15) is 11.3 Å². The average Bonchev–Trinajstić information content (AvgIpc) is 2.72. The molecule has 3 rings (SSSR count). The number of aryl methyl sites for hydroxylation is 1. The lowest BCUT2D eigenvalue weighted by Gasteiger charge is -2.33. The molecule has 0 unspecified atom stereocenters. The average molecular weight is 401 g/mol. The largest absolute Gasteiger partial charge is 0.453 e. The van der Waals surface area contributed by atoms with Crippen molar-refractivity contribution in [3.8, 4) is 0 Å². The summed E-state index contributed by atoms with van der Waals surface area (Å²) in [5.74, 6) is -0.471. The van der Waals surface area contributed by atoms with Crippen LogP contribution in [0.25, 0.3) is 0 Å². The second-order valence-corrected chi connectivity index (χ2v) is 6.73. The van der Waals surface area contributed by atoms with Crippen molar-refractivity contribution in [2.45, 2.75) is 13.5 Å². The zero-order valence-electron chi connectivity index (χ0n) is 16.4. The molecule has 1 aromatic heterocycles. The molecule has 2 aromatic rings. The van der Waals surface area contributed by atoms with Crippen LogP contribution in [0.4, 0.5) is 25.4 Å². The van der Waals surface area contributed by atoms with Crippen molar-refractivity contribution in [3.63, 3.8) is 0 Å². The van der Waals surface area contributed by atoms with E-state index in [2.05, 4.69) is 20.5 Å². The van der Waals surface area contributed by atoms with Crippen LogP contribution in [0.15, 0.2) is 36.5 Å². The van der Waals surface area contributed by atoms with Crippen molar-refractivity contribution < 1.29 is 18.7 Å². The summed E-state index contributed by atoms with van der Waals surface area (Å²) in [6.07, 6.45) is 1.28. The number of carbonyl (C=O) groups is 2. The maximum absolute atomic E-state index is 14.9. The molecule has 0 bridgehead atoms. The van der Waals surface area contributed by atoms with Gasteiger partial charge in [-0.05, 0) is 25.1 Å². The van der Waals surface area contributed by atoms with Crippen LogP contribution in [-0.4, -0.2) is 60.2 Å². The Bertz CT molecular complexity index is 884. The normalized spacial score (nSPS) is 14.4. The van der Waals surface area contributed by atoms with Gasteiger partial charge < -0.3 is 20.3 Å². The number of nitrogens with one attached hydrogen (secondary N) is 2. The van der Waals surface area contributed by atoms with Gasteiger partial charge in [0.05, 0.1) is 24.2 Å². The number of pyridine rings is 1. The number of urea groups is 1. The third-order valence-electron chi connectivity index (χ3n) is 4.78. The standard InChI is InChI=1S/C20H24FN5O3/c1-14-16(7-4-8-22-14)23-19(27)24-17-6-3-5-15(18(17)21)13-25-9-11-26(12-10-25)20(28)29-2/h3-8H,9-13H2,1-2H3,(H2,23,24,27). The Labute approximate surface area is 168 Å². The van der Waals surface area contributed by atoms with Gasteiger partial charge in [-0.2, -0.15) is 0 Å². The number of methoxy groups -OCH3 is 1. The highest BCUT2D eigenvalue weighted by molar-refractivity contribution is 6.00. The number of rotatable bonds is 4. The summed E-state index contributed by atoms with van der Waals surface area (Å²) in [6, 6.07) is 7.81. The first kappa shape index (κ1) is 20.5. The lowest BCUT2D eigenvalue weighted by Crippen LogP contribution is -2.48. The molecule has 1 aromatic carbocycles. The fourth-order valence-corrected chi connectivity index (χ4v) is 3.15. The van der Waals surface area contributed by atoms with Gasteiger partial charge >= 0.3 is 12.1 Å². The summed E-state index contributed by atoms with van der Waals surface area (Å²) in [4.78, 5) is 31.6. The van der Waals surface area contributed by atoms with Crippen LogP contribution >= 0.6 is 0 Å². The molecule has 0 radical (unpaired) electrons. The Balaban J connectivity index is 1.60. The number of hydrogen-bond acceptors (Lipinski definition) is 5. The smallest absolute Gasteiger partial charge is 0.409 e. The molecule has 1 saturated heterocycles. The Hall–Kier alpha value is -3.20. The molecule has 2 N–H and O–H groups in total. The predicted octanol–water partition coefficient (Wildman–Crippen LogP) is 3.06. The summed E-state index contributed by atoms with van der Waals surface area (Å²) in [5.41, 5.74) is 1.81. The number of aromatic nitrogens is 1. The SMILES string of the molecule is COC(=O)N1CCN(Cc2cccc(NC(=O)Nc3cccnc3C)c2F)CC1. The van der Waals surface area contributed by atoms with Crippen LogP contribution in [0.5, 0.6) is 0 Å². The number of halogens is 1. The number of piperazine rings is 1. The Morgan fingerprint density at radius 1 is 1.10 bits per heavy atom. The third kappa shape index (κ3) is 5.20. The zero-order chi connectivity index (χ0) is 20.8. The third-order valence-corrected chi connectivity index (χ3v) is 4.78. The van der Waals surface area contributed by atoms with E-state index in [0.29, 0.717) is 49.7 Å². The van der Waals surface area contributed by atoms with Crippen molar-refractivity contribution in [1.29, 1.82) is 0 Å². The van der Waals surface area contributed by atoms with Gasteiger partial charge in [0.15, 0.2) is 5.82 Å². The molecule has 0 spiro atoms. The topological polar surface area (TPSA) is 86.8 Å². The minimum Gasteiger partial charge on any atom is -0.453 e. The van der Waals surface area contributed by atoms with E-state index in [0.717, 1.165) is 0 Å². The highest BCUT2D eigenvalue weighted by Gasteiger charge is 2.22. The predicted molar refractivity (Wildman–Crippen MR) is 107 cm³/mol. The first-order valence-corrected chi connectivity index (χ1v) is 9.30. The molecule has 1 aliphatic heterocycles. The van der Waals surface area contributed by atoms with Gasteiger partial charge in [-0.3, -0.25) is 9.88 Å². The highest BCUT2D eigenvalue weighted by atomic mass is 19.1. The second kappa shape index (κ2) is 9.33. The molecule has 0 atom stereocenters. The summed E-state index contributed by atoms with van der Waals surface area (Å²) in [6.45, 7) is 4.45. The summed E-state index contributed by atoms with van der Waals surface area (Å²) in [7, 11) is 1.36. The molecule has 1 aliphatic rings. The van der Waals surface area contributed by atoms with E-state index in [1.165, 1.54) is 13.2 Å². The lowest BCUT2D eigenvalue weighted by molar-refractivity contribution is 0.0885. The number of ether oxygens (including phenoxy) is 1. The van der Waals surface area contributed by atoms with Gasteiger partial charge in [-0.15, -0.1) is 0 Å². The van der Waals surface area contributed by atoms with Crippen LogP contribution in [0.2, 0.25) is 0 Å². The van der Waals surface area contributed by atoms with Gasteiger partial charge in [0.25, 0.3) is 0 Å². The summed E-state index contributed by atoms with van der Waals surface area (Å²) in [5, 5.41) is 5.22. The maximum Gasteiger partial charge on any atom is 0.409 e. The van der Waals surface area contributed by atoms with E-state index < -0.39 is 11.8 Å². The van der Waals surface area contributed by atoms with Crippen molar-refractivity contribution >= 4 is 23.5 Å². The minimum absolute atomic E-state index is 0.106. The van der Waals surface area contributed by atoms with E-state index in [1.54, 1.807) is 42.3 Å². The monoisotopic (exact) mass is 401 g/mol. The van der Waals surface area contributed by atoms with Crippen LogP contribution in [0, 0.1) is 12.7 Å². The van der Waals surface area contributed by atoms with E-state index in [1.807, 2.05) is 0 Å². The minimum atomic E-state index is -0.538. The van der Waals surface area contributed by atoms with E-state index in [-0.39, 0.29) is 11.8 Å². The molecule has 9 heteroatoms. The maximum atomic E-state index is 14.9. The molecular weight excluding hydrogens is 377 g/mol. The van der Waals surface area contributed by atoms with Crippen molar-refractivity contribution in [1.82, 2.24) is 14.8 Å². The zero-order valence-corrected chi connectivity index (χ0v) is 16.4. The first-order valence-electron chi connectivity index (χ1n) is 9.30. The molecule has 0 aliphatic carbocycles. The van der Waals surface area contributed by atoms with Crippen LogP contribution in [-0.2, 0) is 11.3 Å². The Kier molecular flexibility index (Phi) is 6.61. The second-order valence-electron chi connectivity index (χ2n) is 6.73. The molecule has 3 amide bonds. The van der Waals surface area contributed by atoms with E-state index in [4.69, 9.17) is 4.74 Å². The van der Waals surface area contributed by atoms with E-state index in [9.17, 15) is 14.0 Å². The van der Waals surface area contributed by atoms with Crippen molar-refractivity contribution in [2.24, 2.45) is 0 Å². The highest BCUT2D eigenvalue weighted by Crippen LogP contribution is 2.21. The fourth-order valence-electron chi connectivity index (χ4n) is 3.15. The molecule has 8 nitrogen and oxygen atoms in total. The Morgan fingerprint density at radius 2 is 1.79 bits per heavy atom. The summed E-state index contributed by atoms with van der Waals surface area (Å²) >= 11 is 0. The Morgan fingerprint density at radius 3 is 2.48 bits per heavy atom. The van der Waals surface area contributed by atoms with Crippen LogP contribution in [0.3, 0.4) is 0 Å². The molecular formula is C20H24FN5O3. The van der Waals surface area contributed by atoms with Crippen molar-refractivity contribution in [2.75, 3.05) is 43.9 Å². The van der Waals surface area contributed by atoms with Gasteiger partial charge in [-0.25, -0.2) is 14.0 Å². The van der Waals surface area contributed by atoms with Gasteiger partial charge in [0.2, 0.25) is 0 Å². The number of hydrogen-bond donors (Lipinski definition) is 2. The number of benzene rings is 1. The lowest BCUT2D eigenvalue weighted by atomic mass is 10.1. The van der Waals surface area contributed by atoms with Gasteiger partial charge in [0.1, 0.15) is 0 Å². The number of carbonyl (C=O) groups excluding carboxylic acids is 2. The van der Waals surface area contributed by atoms with E-state index >= 15 is 0 Å². The first-order chi connectivity index (χ1) is 14.0. The molecule has 1 fully saturated rings. The molecule has 29 heavy (non-hydrogen) atoms. The summed E-state index contributed by atoms with van der Waals surface area (Å²) < 4.78 is 19.6. The molecule has 154 valence electrons. The quantitative estimate of drug-likeness (QED) is 0.822. The van der Waals surface area contributed by atoms with Gasteiger partial charge in [0, 0.05) is 44.5 Å².